The molecule has 0 bridgehead atoms. The molecule has 1 unspecified atom stereocenters. The van der Waals surface area contributed by atoms with Crippen LogP contribution in [-0.2, 0) is 6.42 Å². The Bertz CT molecular complexity index is 1490. The Balaban J connectivity index is 1.29. The molecule has 1 atom stereocenters. The van der Waals surface area contributed by atoms with Crippen LogP contribution >= 0.6 is 0 Å². The predicted molar refractivity (Wildman–Crippen MR) is 126 cm³/mol. The maximum atomic E-state index is 13.8. The van der Waals surface area contributed by atoms with Crippen molar-refractivity contribution in [2.24, 2.45) is 0 Å². The van der Waals surface area contributed by atoms with Crippen LogP contribution in [0.3, 0.4) is 0 Å². The first-order chi connectivity index (χ1) is 17.2. The molecule has 174 valence electrons. The molecule has 10 nitrogen and oxygen atoms in total. The molecule has 5 aromatic rings. The lowest BCUT2D eigenvalue weighted by molar-refractivity contribution is 0.0725. The molecule has 5 aromatic heterocycles. The molecule has 0 spiro atoms. The van der Waals surface area contributed by atoms with Crippen molar-refractivity contribution in [2.45, 2.75) is 32.2 Å². The van der Waals surface area contributed by atoms with E-state index in [4.69, 9.17) is 4.52 Å². The van der Waals surface area contributed by atoms with E-state index in [0.29, 0.717) is 53.0 Å². The molecule has 0 N–H and O–H groups in total. The summed E-state index contributed by atoms with van der Waals surface area (Å²) in [4.78, 5) is 33.4. The number of likely N-dealkylation sites (tertiary alicyclic amines) is 1. The van der Waals surface area contributed by atoms with Crippen molar-refractivity contribution in [1.82, 2.24) is 39.6 Å². The van der Waals surface area contributed by atoms with E-state index >= 15 is 0 Å². The standard InChI is InChI=1S/C25H22N8O2/c1-16-8-9-19(28-15-16)23-29-20(35-31-23)14-17-6-4-12-32(17)25(34)22-21(18-7-2-3-10-26-18)24-27-11-5-13-33(24)30-22/h2-3,5,7-11,13,15,17H,4,6,12,14H2,1H3. The minimum Gasteiger partial charge on any atom is -0.339 e. The van der Waals surface area contributed by atoms with Crippen molar-refractivity contribution in [3.05, 3.63) is 78.3 Å². The summed E-state index contributed by atoms with van der Waals surface area (Å²) in [6.07, 6.45) is 9.14. The van der Waals surface area contributed by atoms with Gasteiger partial charge in [-0.2, -0.15) is 10.1 Å². The van der Waals surface area contributed by atoms with Crippen molar-refractivity contribution in [3.63, 3.8) is 0 Å². The largest absolute Gasteiger partial charge is 0.339 e. The van der Waals surface area contributed by atoms with Crippen molar-refractivity contribution in [3.8, 4) is 22.8 Å². The van der Waals surface area contributed by atoms with E-state index in [2.05, 4.69) is 30.2 Å². The minimum absolute atomic E-state index is 0.0730. The molecule has 0 radical (unpaired) electrons. The van der Waals surface area contributed by atoms with Gasteiger partial charge in [0.1, 0.15) is 5.69 Å². The Labute approximate surface area is 200 Å². The zero-order chi connectivity index (χ0) is 23.8. The number of hydrogen-bond donors (Lipinski definition) is 0. The number of rotatable bonds is 5. The third-order valence-electron chi connectivity index (χ3n) is 6.18. The van der Waals surface area contributed by atoms with E-state index < -0.39 is 0 Å². The SMILES string of the molecule is Cc1ccc(-c2noc(CC3CCCN3C(=O)c3nn4cccnc4c3-c3ccccn3)n2)nc1. The van der Waals surface area contributed by atoms with Gasteiger partial charge < -0.3 is 9.42 Å². The smallest absolute Gasteiger partial charge is 0.275 e. The van der Waals surface area contributed by atoms with Gasteiger partial charge in [0.15, 0.2) is 11.3 Å². The van der Waals surface area contributed by atoms with Crippen LogP contribution in [0.15, 0.2) is 65.7 Å². The van der Waals surface area contributed by atoms with E-state index in [-0.39, 0.29) is 11.9 Å². The predicted octanol–water partition coefficient (Wildman–Crippen LogP) is 3.39. The van der Waals surface area contributed by atoms with Gasteiger partial charge in [0, 0.05) is 43.8 Å². The second-order valence-corrected chi connectivity index (χ2v) is 8.56. The molecule has 1 saturated heterocycles. The summed E-state index contributed by atoms with van der Waals surface area (Å²) < 4.78 is 7.13. The highest BCUT2D eigenvalue weighted by molar-refractivity contribution is 6.02. The third-order valence-corrected chi connectivity index (χ3v) is 6.18. The van der Waals surface area contributed by atoms with Gasteiger partial charge in [0.2, 0.25) is 11.7 Å². The normalized spacial score (nSPS) is 15.7. The second kappa shape index (κ2) is 8.71. The zero-order valence-corrected chi connectivity index (χ0v) is 19.1. The Kier molecular flexibility index (Phi) is 5.25. The number of pyridine rings is 2. The molecule has 1 aliphatic heterocycles. The molecule has 0 aromatic carbocycles. The number of hydrogen-bond acceptors (Lipinski definition) is 8. The topological polar surface area (TPSA) is 115 Å². The van der Waals surface area contributed by atoms with Gasteiger partial charge >= 0.3 is 0 Å². The molecule has 0 saturated carbocycles. The average Bonchev–Trinajstić information content (AvgIpc) is 3.63. The lowest BCUT2D eigenvalue weighted by Gasteiger charge is -2.23. The monoisotopic (exact) mass is 466 g/mol. The molecule has 10 heteroatoms. The highest BCUT2D eigenvalue weighted by atomic mass is 16.5. The maximum Gasteiger partial charge on any atom is 0.275 e. The fourth-order valence-corrected chi connectivity index (χ4v) is 4.48. The van der Waals surface area contributed by atoms with Crippen LogP contribution in [0, 0.1) is 6.92 Å². The van der Waals surface area contributed by atoms with Gasteiger partial charge in [-0.3, -0.25) is 14.8 Å². The van der Waals surface area contributed by atoms with Crippen LogP contribution in [0.1, 0.15) is 34.8 Å². The zero-order valence-electron chi connectivity index (χ0n) is 19.1. The first-order valence-corrected chi connectivity index (χ1v) is 11.5. The average molecular weight is 467 g/mol. The summed E-state index contributed by atoms with van der Waals surface area (Å²) in [5.41, 5.74) is 3.94. The second-order valence-electron chi connectivity index (χ2n) is 8.56. The number of amides is 1. The van der Waals surface area contributed by atoms with E-state index in [1.54, 1.807) is 35.4 Å². The number of nitrogens with zero attached hydrogens (tertiary/aromatic N) is 8. The van der Waals surface area contributed by atoms with Gasteiger partial charge in [0.25, 0.3) is 5.91 Å². The highest BCUT2D eigenvalue weighted by Gasteiger charge is 2.34. The van der Waals surface area contributed by atoms with Crippen LogP contribution in [0.5, 0.6) is 0 Å². The van der Waals surface area contributed by atoms with Crippen molar-refractivity contribution in [1.29, 1.82) is 0 Å². The number of fused-ring (bicyclic) bond motifs is 1. The fraction of sp³-hybridized carbons (Fsp3) is 0.240. The Morgan fingerprint density at radius 3 is 2.83 bits per heavy atom. The van der Waals surface area contributed by atoms with Crippen molar-refractivity contribution in [2.75, 3.05) is 6.54 Å². The quantitative estimate of drug-likeness (QED) is 0.387. The van der Waals surface area contributed by atoms with Crippen LogP contribution in [0.25, 0.3) is 28.4 Å². The molecule has 6 rings (SSSR count). The molecule has 6 heterocycles. The number of aromatic nitrogens is 7. The van der Waals surface area contributed by atoms with Gasteiger partial charge in [0.05, 0.1) is 11.3 Å². The van der Waals surface area contributed by atoms with Crippen molar-refractivity contribution < 1.29 is 9.32 Å². The Hall–Kier alpha value is -4.47. The molecular formula is C25H22N8O2. The number of carbonyl (C=O) groups is 1. The van der Waals surface area contributed by atoms with E-state index in [9.17, 15) is 4.79 Å². The lowest BCUT2D eigenvalue weighted by atomic mass is 10.1. The van der Waals surface area contributed by atoms with E-state index in [1.165, 1.54) is 0 Å². The van der Waals surface area contributed by atoms with E-state index in [0.717, 1.165) is 18.4 Å². The van der Waals surface area contributed by atoms with E-state index in [1.807, 2.05) is 42.2 Å². The molecule has 1 fully saturated rings. The first-order valence-electron chi connectivity index (χ1n) is 11.5. The molecule has 1 aliphatic rings. The van der Waals surface area contributed by atoms with Crippen LogP contribution in [0.2, 0.25) is 0 Å². The number of aryl methyl sites for hydroxylation is 1. The molecule has 1 amide bonds. The summed E-state index contributed by atoms with van der Waals surface area (Å²) in [5, 5.41) is 8.67. The summed E-state index contributed by atoms with van der Waals surface area (Å²) in [6.45, 7) is 2.61. The Morgan fingerprint density at radius 1 is 1.09 bits per heavy atom. The summed E-state index contributed by atoms with van der Waals surface area (Å²) in [7, 11) is 0. The molecular weight excluding hydrogens is 444 g/mol. The number of carbonyl (C=O) groups excluding carboxylic acids is 1. The minimum atomic E-state index is -0.154. The summed E-state index contributed by atoms with van der Waals surface area (Å²) >= 11 is 0. The summed E-state index contributed by atoms with van der Waals surface area (Å²) in [6, 6.07) is 11.1. The summed E-state index contributed by atoms with van der Waals surface area (Å²) in [5.74, 6) is 0.770. The van der Waals surface area contributed by atoms with Crippen molar-refractivity contribution >= 4 is 11.6 Å². The van der Waals surface area contributed by atoms with Gasteiger partial charge in [-0.05, 0) is 49.6 Å². The van der Waals surface area contributed by atoms with Gasteiger partial charge in [-0.15, -0.1) is 0 Å². The van der Waals surface area contributed by atoms with Gasteiger partial charge in [-0.25, -0.2) is 9.50 Å². The molecule has 35 heavy (non-hydrogen) atoms. The fourth-order valence-electron chi connectivity index (χ4n) is 4.48. The van der Waals surface area contributed by atoms with Crippen LogP contribution in [0.4, 0.5) is 0 Å². The highest BCUT2D eigenvalue weighted by Crippen LogP contribution is 2.30. The van der Waals surface area contributed by atoms with Gasteiger partial charge in [-0.1, -0.05) is 17.3 Å². The molecule has 0 aliphatic carbocycles. The maximum absolute atomic E-state index is 13.8. The van der Waals surface area contributed by atoms with Crippen LogP contribution in [-0.4, -0.2) is 58.1 Å². The third kappa shape index (κ3) is 3.92. The van der Waals surface area contributed by atoms with Crippen LogP contribution < -0.4 is 0 Å². The Morgan fingerprint density at radius 2 is 2.00 bits per heavy atom. The first kappa shape index (κ1) is 21.1. The lowest BCUT2D eigenvalue weighted by Crippen LogP contribution is -2.37.